The third kappa shape index (κ3) is 6.74. The van der Waals surface area contributed by atoms with Gasteiger partial charge in [0.1, 0.15) is 11.9 Å². The summed E-state index contributed by atoms with van der Waals surface area (Å²) in [6.07, 6.45) is 7.05. The fourth-order valence-corrected chi connectivity index (χ4v) is 5.46. The van der Waals surface area contributed by atoms with E-state index in [0.717, 1.165) is 50.7 Å². The van der Waals surface area contributed by atoms with E-state index in [4.69, 9.17) is 0 Å². The topological polar surface area (TPSA) is 104 Å². The van der Waals surface area contributed by atoms with Gasteiger partial charge in [0.05, 0.1) is 4.90 Å². The van der Waals surface area contributed by atoms with Crippen molar-refractivity contribution in [2.75, 3.05) is 6.54 Å². The van der Waals surface area contributed by atoms with Crippen molar-refractivity contribution >= 4 is 21.8 Å². The maximum absolute atomic E-state index is 13.0. The first kappa shape index (κ1) is 23.7. The summed E-state index contributed by atoms with van der Waals surface area (Å²) >= 11 is 0. The molecule has 0 aliphatic heterocycles. The van der Waals surface area contributed by atoms with E-state index in [1.165, 1.54) is 12.1 Å². The van der Waals surface area contributed by atoms with Gasteiger partial charge in [-0.2, -0.15) is 0 Å². The van der Waals surface area contributed by atoms with Crippen LogP contribution in [0.2, 0.25) is 0 Å². The normalized spacial score (nSPS) is 23.3. The van der Waals surface area contributed by atoms with Gasteiger partial charge in [-0.1, -0.05) is 12.8 Å². The monoisotopic (exact) mass is 453 g/mol. The van der Waals surface area contributed by atoms with E-state index in [9.17, 15) is 22.4 Å². The van der Waals surface area contributed by atoms with E-state index >= 15 is 0 Å². The van der Waals surface area contributed by atoms with Crippen molar-refractivity contribution in [1.29, 1.82) is 0 Å². The van der Waals surface area contributed by atoms with Crippen molar-refractivity contribution in [3.8, 4) is 0 Å². The molecule has 2 aliphatic rings. The molecule has 0 unspecified atom stereocenters. The van der Waals surface area contributed by atoms with Gasteiger partial charge in [0.25, 0.3) is 0 Å². The Balaban J connectivity index is 1.39. The fourth-order valence-electron chi connectivity index (χ4n) is 4.35. The SMILES string of the molecule is C[C@H](NC(=O)C1CCC(CNS(=O)(=O)c2ccc(F)cc2)CC1)C(=O)NC1CCCC1. The highest BCUT2D eigenvalue weighted by Crippen LogP contribution is 2.29. The molecule has 2 saturated carbocycles. The first-order valence-electron chi connectivity index (χ1n) is 11.1. The summed E-state index contributed by atoms with van der Waals surface area (Å²) in [5.41, 5.74) is 0. The number of sulfonamides is 1. The van der Waals surface area contributed by atoms with Gasteiger partial charge < -0.3 is 10.6 Å². The van der Waals surface area contributed by atoms with Crippen LogP contribution in [-0.2, 0) is 19.6 Å². The zero-order chi connectivity index (χ0) is 22.4. The minimum Gasteiger partial charge on any atom is -0.352 e. The number of hydrogen-bond donors (Lipinski definition) is 3. The van der Waals surface area contributed by atoms with Crippen LogP contribution in [-0.4, -0.2) is 38.9 Å². The lowest BCUT2D eigenvalue weighted by Gasteiger charge is -2.28. The Morgan fingerprint density at radius 1 is 1.03 bits per heavy atom. The van der Waals surface area contributed by atoms with Gasteiger partial charge in [-0.05, 0) is 75.6 Å². The molecule has 7 nitrogen and oxygen atoms in total. The van der Waals surface area contributed by atoms with Crippen LogP contribution in [0.15, 0.2) is 29.2 Å². The third-order valence-electron chi connectivity index (χ3n) is 6.36. The number of nitrogens with one attached hydrogen (secondary N) is 3. The smallest absolute Gasteiger partial charge is 0.242 e. The Kier molecular flexibility index (Phi) is 8.05. The summed E-state index contributed by atoms with van der Waals surface area (Å²) in [4.78, 5) is 24.9. The molecular weight excluding hydrogens is 421 g/mol. The lowest BCUT2D eigenvalue weighted by atomic mass is 9.81. The predicted molar refractivity (Wildman–Crippen MR) is 115 cm³/mol. The van der Waals surface area contributed by atoms with Crippen LogP contribution in [0.1, 0.15) is 58.3 Å². The quantitative estimate of drug-likeness (QED) is 0.562. The molecule has 0 radical (unpaired) electrons. The highest BCUT2D eigenvalue weighted by atomic mass is 32.2. The molecule has 0 spiro atoms. The molecule has 2 amide bonds. The van der Waals surface area contributed by atoms with Crippen LogP contribution >= 0.6 is 0 Å². The van der Waals surface area contributed by atoms with Crippen molar-refractivity contribution < 1.29 is 22.4 Å². The molecular formula is C22H32FN3O4S. The number of carbonyl (C=O) groups is 2. The Hall–Kier alpha value is -2.00. The van der Waals surface area contributed by atoms with Crippen molar-refractivity contribution in [1.82, 2.24) is 15.4 Å². The molecule has 0 bridgehead atoms. The van der Waals surface area contributed by atoms with E-state index in [2.05, 4.69) is 15.4 Å². The van der Waals surface area contributed by atoms with Crippen LogP contribution in [0.4, 0.5) is 4.39 Å². The second-order valence-electron chi connectivity index (χ2n) is 8.74. The van der Waals surface area contributed by atoms with Crippen molar-refractivity contribution in [3.05, 3.63) is 30.1 Å². The van der Waals surface area contributed by atoms with E-state index in [0.29, 0.717) is 12.8 Å². The number of amides is 2. The van der Waals surface area contributed by atoms with Gasteiger partial charge in [-0.3, -0.25) is 9.59 Å². The molecule has 9 heteroatoms. The standard InChI is InChI=1S/C22H32FN3O4S/c1-15(21(27)26-19-4-2-3-5-19)25-22(28)17-8-6-16(7-9-17)14-24-31(29,30)20-12-10-18(23)11-13-20/h10-13,15-17,19,24H,2-9,14H2,1H3,(H,25,28)(H,26,27)/t15-,16?,17?/m0/s1. The van der Waals surface area contributed by atoms with E-state index in [-0.39, 0.29) is 41.1 Å². The summed E-state index contributed by atoms with van der Waals surface area (Å²) in [6.45, 7) is 1.99. The molecule has 0 heterocycles. The summed E-state index contributed by atoms with van der Waals surface area (Å²) in [6, 6.07) is 4.38. The Labute approximate surface area is 183 Å². The van der Waals surface area contributed by atoms with E-state index in [1.807, 2.05) is 0 Å². The molecule has 1 atom stereocenters. The predicted octanol–water partition coefficient (Wildman–Crippen LogP) is 2.47. The first-order chi connectivity index (χ1) is 14.7. The van der Waals surface area contributed by atoms with Crippen LogP contribution < -0.4 is 15.4 Å². The summed E-state index contributed by atoms with van der Waals surface area (Å²) < 4.78 is 40.2. The zero-order valence-corrected chi connectivity index (χ0v) is 18.7. The Morgan fingerprint density at radius 2 is 1.65 bits per heavy atom. The minimum absolute atomic E-state index is 0.0341. The second kappa shape index (κ2) is 10.5. The molecule has 2 aliphatic carbocycles. The third-order valence-corrected chi connectivity index (χ3v) is 7.80. The van der Waals surface area contributed by atoms with Crippen LogP contribution in [0.5, 0.6) is 0 Å². The van der Waals surface area contributed by atoms with Gasteiger partial charge in [-0.15, -0.1) is 0 Å². The van der Waals surface area contributed by atoms with E-state index < -0.39 is 21.9 Å². The number of rotatable bonds is 8. The minimum atomic E-state index is -3.68. The average molecular weight is 454 g/mol. The number of benzene rings is 1. The number of carbonyl (C=O) groups excluding carboxylic acids is 2. The van der Waals surface area contributed by atoms with Crippen LogP contribution in [0, 0.1) is 17.7 Å². The van der Waals surface area contributed by atoms with Gasteiger partial charge in [0.15, 0.2) is 0 Å². The molecule has 31 heavy (non-hydrogen) atoms. The Bertz CT molecular complexity index is 861. The van der Waals surface area contributed by atoms with Gasteiger partial charge in [0.2, 0.25) is 21.8 Å². The molecule has 1 aromatic rings. The highest BCUT2D eigenvalue weighted by Gasteiger charge is 2.29. The molecule has 1 aromatic carbocycles. The Morgan fingerprint density at radius 3 is 2.26 bits per heavy atom. The molecule has 0 aromatic heterocycles. The van der Waals surface area contributed by atoms with Crippen molar-refractivity contribution in [3.63, 3.8) is 0 Å². The van der Waals surface area contributed by atoms with Gasteiger partial charge in [0, 0.05) is 18.5 Å². The van der Waals surface area contributed by atoms with Crippen LogP contribution in [0.3, 0.4) is 0 Å². The lowest BCUT2D eigenvalue weighted by molar-refractivity contribution is -0.131. The van der Waals surface area contributed by atoms with Gasteiger partial charge in [-0.25, -0.2) is 17.5 Å². The molecule has 172 valence electrons. The number of halogens is 1. The molecule has 3 N–H and O–H groups in total. The highest BCUT2D eigenvalue weighted by molar-refractivity contribution is 7.89. The average Bonchev–Trinajstić information content (AvgIpc) is 3.26. The summed E-state index contributed by atoms with van der Waals surface area (Å²) in [5, 5.41) is 5.83. The van der Waals surface area contributed by atoms with Crippen molar-refractivity contribution in [2.45, 2.75) is 75.3 Å². The molecule has 3 rings (SSSR count). The fraction of sp³-hybridized carbons (Fsp3) is 0.636. The largest absolute Gasteiger partial charge is 0.352 e. The first-order valence-corrected chi connectivity index (χ1v) is 12.6. The maximum Gasteiger partial charge on any atom is 0.242 e. The lowest BCUT2D eigenvalue weighted by Crippen LogP contribution is -2.49. The maximum atomic E-state index is 13.0. The number of hydrogen-bond acceptors (Lipinski definition) is 4. The second-order valence-corrected chi connectivity index (χ2v) is 10.5. The molecule has 2 fully saturated rings. The zero-order valence-electron chi connectivity index (χ0n) is 17.9. The van der Waals surface area contributed by atoms with E-state index in [1.54, 1.807) is 6.92 Å². The molecule has 0 saturated heterocycles. The van der Waals surface area contributed by atoms with Crippen molar-refractivity contribution in [2.24, 2.45) is 11.8 Å². The van der Waals surface area contributed by atoms with Gasteiger partial charge >= 0.3 is 0 Å². The summed E-state index contributed by atoms with van der Waals surface area (Å²) in [7, 11) is -3.68. The summed E-state index contributed by atoms with van der Waals surface area (Å²) in [5.74, 6) is -0.751. The van der Waals surface area contributed by atoms with Crippen LogP contribution in [0.25, 0.3) is 0 Å².